The summed E-state index contributed by atoms with van der Waals surface area (Å²) >= 11 is 0. The van der Waals surface area contributed by atoms with Crippen LogP contribution in [0.5, 0.6) is 0 Å². The van der Waals surface area contributed by atoms with Crippen LogP contribution in [0.25, 0.3) is 0 Å². The number of amidine groups is 1. The number of quaternary nitrogens is 1. The maximum atomic E-state index is 3.50. The first-order chi connectivity index (χ1) is 9.93. The Morgan fingerprint density at radius 1 is 1.00 bits per heavy atom. The summed E-state index contributed by atoms with van der Waals surface area (Å²) in [5.74, 6) is 1.52. The molecule has 0 bridgehead atoms. The molecule has 0 aliphatic carbocycles. The molecule has 114 valence electrons. The molecule has 0 amide bonds. The van der Waals surface area contributed by atoms with E-state index in [-0.39, 0.29) is 0 Å². The topological polar surface area (TPSA) is 34.9 Å². The standard InChI is InChI=1S/C9H16N2.C7H14N2/c1-2-5-9-10-6-4-8-11(9)7-3-1;1-3-7-8-4-2-6-9(7)5-1/h1-8H2;7-8H,1-6H2/p+2. The molecule has 0 radical (unpaired) electrons. The lowest BCUT2D eigenvalue weighted by Crippen LogP contribution is -2.94. The molecule has 4 heterocycles. The summed E-state index contributed by atoms with van der Waals surface area (Å²) in [4.78, 5) is 2.61. The predicted molar refractivity (Wildman–Crippen MR) is 82.1 cm³/mol. The first-order valence-electron chi connectivity index (χ1n) is 8.85. The first kappa shape index (κ1) is 14.3. The lowest BCUT2D eigenvalue weighted by molar-refractivity contribution is -0.715. The second kappa shape index (κ2) is 7.41. The van der Waals surface area contributed by atoms with Crippen molar-refractivity contribution in [2.24, 2.45) is 0 Å². The maximum absolute atomic E-state index is 3.50. The molecule has 4 aliphatic rings. The molecule has 4 rings (SSSR count). The van der Waals surface area contributed by atoms with Crippen LogP contribution in [-0.4, -0.2) is 60.7 Å². The smallest absolute Gasteiger partial charge is 0.244 e. The summed E-state index contributed by atoms with van der Waals surface area (Å²) < 4.78 is 2.54. The van der Waals surface area contributed by atoms with Gasteiger partial charge in [0.25, 0.3) is 0 Å². The summed E-state index contributed by atoms with van der Waals surface area (Å²) in [7, 11) is 0. The van der Waals surface area contributed by atoms with Gasteiger partial charge in [0.15, 0.2) is 0 Å². The second-order valence-corrected chi connectivity index (χ2v) is 6.65. The van der Waals surface area contributed by atoms with Crippen molar-refractivity contribution in [2.75, 3.05) is 39.3 Å². The summed E-state index contributed by atoms with van der Waals surface area (Å²) in [5.41, 5.74) is 0. The van der Waals surface area contributed by atoms with Crippen molar-refractivity contribution in [1.29, 1.82) is 0 Å². The fraction of sp³-hybridized carbons (Fsp3) is 0.938. The third-order valence-electron chi connectivity index (χ3n) is 5.16. The van der Waals surface area contributed by atoms with Crippen LogP contribution in [0.3, 0.4) is 0 Å². The van der Waals surface area contributed by atoms with Crippen molar-refractivity contribution in [3.05, 3.63) is 0 Å². The normalized spacial score (nSPS) is 30.5. The number of rotatable bonds is 0. The van der Waals surface area contributed by atoms with E-state index in [9.17, 15) is 0 Å². The molecular formula is C16H32N4+2. The van der Waals surface area contributed by atoms with E-state index in [1.807, 2.05) is 0 Å². The quantitative estimate of drug-likeness (QED) is 0.628. The van der Waals surface area contributed by atoms with Gasteiger partial charge in [0.05, 0.1) is 26.2 Å². The van der Waals surface area contributed by atoms with Crippen molar-refractivity contribution in [1.82, 2.24) is 10.2 Å². The Kier molecular flexibility index (Phi) is 5.31. The molecule has 1 atom stereocenters. The monoisotopic (exact) mass is 280 g/mol. The third-order valence-corrected chi connectivity index (χ3v) is 5.16. The Balaban J connectivity index is 0.000000123. The Labute approximate surface area is 123 Å². The summed E-state index contributed by atoms with van der Waals surface area (Å²) in [6, 6.07) is 0. The lowest BCUT2D eigenvalue weighted by atomic mass is 10.2. The van der Waals surface area contributed by atoms with E-state index in [1.54, 1.807) is 0 Å². The molecule has 0 aromatic rings. The van der Waals surface area contributed by atoms with E-state index in [2.05, 4.69) is 20.1 Å². The van der Waals surface area contributed by atoms with Gasteiger partial charge in [0.2, 0.25) is 5.84 Å². The zero-order chi connectivity index (χ0) is 13.6. The Bertz CT molecular complexity index is 309. The average molecular weight is 280 g/mol. The molecule has 0 aromatic carbocycles. The number of fused-ring (bicyclic) bond motifs is 1. The van der Waals surface area contributed by atoms with Crippen LogP contribution in [0.15, 0.2) is 0 Å². The van der Waals surface area contributed by atoms with Crippen LogP contribution in [0.4, 0.5) is 0 Å². The van der Waals surface area contributed by atoms with Gasteiger partial charge in [-0.15, -0.1) is 0 Å². The van der Waals surface area contributed by atoms with Crippen molar-refractivity contribution in [3.63, 3.8) is 0 Å². The van der Waals surface area contributed by atoms with E-state index < -0.39 is 0 Å². The number of nitrogens with two attached hydrogens (primary N) is 1. The van der Waals surface area contributed by atoms with Gasteiger partial charge in [-0.05, 0) is 25.7 Å². The minimum Gasteiger partial charge on any atom is -0.331 e. The minimum atomic E-state index is 0.874. The van der Waals surface area contributed by atoms with Crippen LogP contribution in [0.1, 0.15) is 51.4 Å². The lowest BCUT2D eigenvalue weighted by Gasteiger charge is -2.26. The zero-order valence-corrected chi connectivity index (χ0v) is 12.9. The minimum absolute atomic E-state index is 0.874. The Hall–Kier alpha value is -0.610. The molecule has 0 spiro atoms. The first-order valence-corrected chi connectivity index (χ1v) is 8.85. The van der Waals surface area contributed by atoms with Crippen LogP contribution in [-0.2, 0) is 0 Å². The molecule has 4 nitrogen and oxygen atoms in total. The molecule has 2 fully saturated rings. The van der Waals surface area contributed by atoms with Gasteiger partial charge < -0.3 is 5.32 Å². The van der Waals surface area contributed by atoms with Gasteiger partial charge in [-0.2, -0.15) is 0 Å². The predicted octanol–water partition coefficient (Wildman–Crippen LogP) is 0.340. The molecule has 4 heteroatoms. The average Bonchev–Trinajstić information content (AvgIpc) is 2.85. The molecule has 0 saturated carbocycles. The highest BCUT2D eigenvalue weighted by Crippen LogP contribution is 2.13. The van der Waals surface area contributed by atoms with Crippen LogP contribution >= 0.6 is 0 Å². The molecule has 0 aromatic heterocycles. The molecular weight excluding hydrogens is 248 g/mol. The van der Waals surface area contributed by atoms with Crippen LogP contribution in [0.2, 0.25) is 0 Å². The highest BCUT2D eigenvalue weighted by Gasteiger charge is 2.29. The number of hydrogen-bond acceptors (Lipinski definition) is 2. The fourth-order valence-corrected chi connectivity index (χ4v) is 4.02. The number of nitrogens with zero attached hydrogens (tertiary/aromatic N) is 2. The third kappa shape index (κ3) is 3.73. The van der Waals surface area contributed by atoms with Crippen LogP contribution in [0, 0.1) is 0 Å². The fourth-order valence-electron chi connectivity index (χ4n) is 4.02. The van der Waals surface area contributed by atoms with Crippen LogP contribution < -0.4 is 10.6 Å². The van der Waals surface area contributed by atoms with Crippen molar-refractivity contribution in [2.45, 2.75) is 57.5 Å². The largest absolute Gasteiger partial charge is 0.331 e. The summed E-state index contributed by atoms with van der Waals surface area (Å²) in [6.45, 7) is 7.88. The molecule has 1 unspecified atom stereocenters. The maximum Gasteiger partial charge on any atom is 0.244 e. The van der Waals surface area contributed by atoms with Gasteiger partial charge >= 0.3 is 0 Å². The second-order valence-electron chi connectivity index (χ2n) is 6.65. The van der Waals surface area contributed by atoms with Crippen molar-refractivity contribution < 1.29 is 9.89 Å². The molecule has 4 aliphatic heterocycles. The van der Waals surface area contributed by atoms with Gasteiger partial charge in [0, 0.05) is 38.8 Å². The zero-order valence-electron chi connectivity index (χ0n) is 12.9. The molecule has 3 N–H and O–H groups in total. The van der Waals surface area contributed by atoms with E-state index in [1.165, 1.54) is 96.5 Å². The van der Waals surface area contributed by atoms with E-state index >= 15 is 0 Å². The van der Waals surface area contributed by atoms with Gasteiger partial charge in [0.1, 0.15) is 6.17 Å². The van der Waals surface area contributed by atoms with E-state index in [0.717, 1.165) is 6.17 Å². The molecule has 20 heavy (non-hydrogen) atoms. The highest BCUT2D eigenvalue weighted by molar-refractivity contribution is 5.77. The number of hydrogen-bond donors (Lipinski definition) is 2. The summed E-state index contributed by atoms with van der Waals surface area (Å²) in [6.07, 6.45) is 12.0. The molecule has 2 saturated heterocycles. The van der Waals surface area contributed by atoms with Gasteiger partial charge in [-0.3, -0.25) is 14.8 Å². The number of nitrogens with one attached hydrogen (secondary N) is 1. The summed E-state index contributed by atoms with van der Waals surface area (Å²) in [5, 5.41) is 6.00. The highest BCUT2D eigenvalue weighted by atomic mass is 15.3. The SMILES string of the molecule is C1CCC2=[N+](CC1)CCCN2.C1C[NH2+]C2CCCN2C1. The van der Waals surface area contributed by atoms with Crippen molar-refractivity contribution in [3.8, 4) is 0 Å². The van der Waals surface area contributed by atoms with Crippen molar-refractivity contribution >= 4 is 5.84 Å². The van der Waals surface area contributed by atoms with Gasteiger partial charge in [-0.1, -0.05) is 0 Å². The van der Waals surface area contributed by atoms with E-state index in [0.29, 0.717) is 0 Å². The Morgan fingerprint density at radius 2 is 1.90 bits per heavy atom. The van der Waals surface area contributed by atoms with E-state index in [4.69, 9.17) is 0 Å². The Morgan fingerprint density at radius 3 is 2.85 bits per heavy atom. The van der Waals surface area contributed by atoms with Gasteiger partial charge in [-0.25, -0.2) is 0 Å².